The Bertz CT molecular complexity index is 566. The van der Waals surface area contributed by atoms with Crippen molar-refractivity contribution in [2.24, 2.45) is 0 Å². The van der Waals surface area contributed by atoms with Crippen molar-refractivity contribution in [3.8, 4) is 22.1 Å². The zero-order chi connectivity index (χ0) is 11.8. The number of aromatic nitrogens is 1. The summed E-state index contributed by atoms with van der Waals surface area (Å²) in [6.45, 7) is 2.30. The minimum atomic E-state index is 0.303. The van der Waals surface area contributed by atoms with Crippen LogP contribution in [0.4, 0.5) is 5.00 Å². The van der Waals surface area contributed by atoms with Crippen molar-refractivity contribution < 1.29 is 9.47 Å². The molecule has 88 valence electrons. The van der Waals surface area contributed by atoms with E-state index in [1.807, 2.05) is 32.2 Å². The summed E-state index contributed by atoms with van der Waals surface area (Å²) in [4.78, 5) is 4.54. The standard InChI is InChI=1S/C12H12N2O2S/c1-7-11(13-2)17-12(14-7)8-3-4-9-10(5-8)16-6-15-9/h3-5,13H,6H2,1-2H3. The van der Waals surface area contributed by atoms with E-state index >= 15 is 0 Å². The zero-order valence-electron chi connectivity index (χ0n) is 9.61. The Labute approximate surface area is 103 Å². The van der Waals surface area contributed by atoms with Gasteiger partial charge < -0.3 is 14.8 Å². The number of anilines is 1. The van der Waals surface area contributed by atoms with Crippen molar-refractivity contribution in [1.82, 2.24) is 4.98 Å². The number of hydrogen-bond donors (Lipinski definition) is 1. The van der Waals surface area contributed by atoms with E-state index in [9.17, 15) is 0 Å². The van der Waals surface area contributed by atoms with Gasteiger partial charge in [0.2, 0.25) is 6.79 Å². The van der Waals surface area contributed by atoms with E-state index in [0.29, 0.717) is 6.79 Å². The fourth-order valence-electron chi connectivity index (χ4n) is 1.78. The predicted molar refractivity (Wildman–Crippen MR) is 68.0 cm³/mol. The Hall–Kier alpha value is -1.75. The van der Waals surface area contributed by atoms with Crippen LogP contribution in [0, 0.1) is 6.92 Å². The van der Waals surface area contributed by atoms with E-state index in [4.69, 9.17) is 9.47 Å². The van der Waals surface area contributed by atoms with Crippen LogP contribution in [0.2, 0.25) is 0 Å². The first-order valence-electron chi connectivity index (χ1n) is 5.33. The van der Waals surface area contributed by atoms with Gasteiger partial charge >= 0.3 is 0 Å². The van der Waals surface area contributed by atoms with Crippen LogP contribution in [0.25, 0.3) is 10.6 Å². The summed E-state index contributed by atoms with van der Waals surface area (Å²) in [6.07, 6.45) is 0. The number of thiazole rings is 1. The molecule has 17 heavy (non-hydrogen) atoms. The molecule has 0 aliphatic carbocycles. The van der Waals surface area contributed by atoms with Crippen LogP contribution in [0.15, 0.2) is 18.2 Å². The Morgan fingerprint density at radius 1 is 1.29 bits per heavy atom. The fraction of sp³-hybridized carbons (Fsp3) is 0.250. The highest BCUT2D eigenvalue weighted by Gasteiger charge is 2.15. The summed E-state index contributed by atoms with van der Waals surface area (Å²) >= 11 is 1.64. The van der Waals surface area contributed by atoms with E-state index in [2.05, 4.69) is 10.3 Å². The van der Waals surface area contributed by atoms with E-state index < -0.39 is 0 Å². The molecule has 1 aliphatic rings. The maximum absolute atomic E-state index is 5.36. The molecule has 0 atom stereocenters. The van der Waals surface area contributed by atoms with Crippen LogP contribution in [0.1, 0.15) is 5.69 Å². The molecule has 1 N–H and O–H groups in total. The number of fused-ring (bicyclic) bond motifs is 1. The van der Waals surface area contributed by atoms with Gasteiger partial charge in [-0.1, -0.05) is 11.3 Å². The largest absolute Gasteiger partial charge is 0.454 e. The second-order valence-corrected chi connectivity index (χ2v) is 4.75. The summed E-state index contributed by atoms with van der Waals surface area (Å²) in [6, 6.07) is 5.90. The van der Waals surface area contributed by atoms with Crippen molar-refractivity contribution in [2.75, 3.05) is 19.2 Å². The van der Waals surface area contributed by atoms with Gasteiger partial charge in [0.25, 0.3) is 0 Å². The van der Waals surface area contributed by atoms with Crippen molar-refractivity contribution in [3.05, 3.63) is 23.9 Å². The molecule has 5 heteroatoms. The number of benzene rings is 1. The van der Waals surface area contributed by atoms with Gasteiger partial charge in [-0.3, -0.25) is 0 Å². The summed E-state index contributed by atoms with van der Waals surface area (Å²) in [5, 5.41) is 5.22. The normalized spacial score (nSPS) is 12.8. The molecular formula is C12H12N2O2S. The average molecular weight is 248 g/mol. The van der Waals surface area contributed by atoms with Crippen molar-refractivity contribution in [2.45, 2.75) is 6.92 Å². The highest BCUT2D eigenvalue weighted by Crippen LogP contribution is 2.38. The molecule has 3 rings (SSSR count). The quantitative estimate of drug-likeness (QED) is 0.887. The molecule has 0 amide bonds. The lowest BCUT2D eigenvalue weighted by atomic mass is 10.2. The van der Waals surface area contributed by atoms with E-state index in [1.54, 1.807) is 11.3 Å². The lowest BCUT2D eigenvalue weighted by Crippen LogP contribution is -1.92. The third-order valence-corrected chi connectivity index (χ3v) is 3.87. The lowest BCUT2D eigenvalue weighted by Gasteiger charge is -1.98. The summed E-state index contributed by atoms with van der Waals surface area (Å²) < 4.78 is 10.7. The maximum Gasteiger partial charge on any atom is 0.231 e. The SMILES string of the molecule is CNc1sc(-c2ccc3c(c2)OCO3)nc1C. The number of nitrogens with zero attached hydrogens (tertiary/aromatic N) is 1. The molecule has 0 saturated carbocycles. The highest BCUT2D eigenvalue weighted by molar-refractivity contribution is 7.19. The monoisotopic (exact) mass is 248 g/mol. The minimum Gasteiger partial charge on any atom is -0.454 e. The Kier molecular flexibility index (Phi) is 2.40. The summed E-state index contributed by atoms with van der Waals surface area (Å²) in [5.41, 5.74) is 2.08. The Morgan fingerprint density at radius 2 is 2.12 bits per heavy atom. The minimum absolute atomic E-state index is 0.303. The van der Waals surface area contributed by atoms with Gasteiger partial charge in [-0.05, 0) is 25.1 Å². The molecule has 0 spiro atoms. The summed E-state index contributed by atoms with van der Waals surface area (Å²) in [7, 11) is 1.91. The summed E-state index contributed by atoms with van der Waals surface area (Å²) in [5.74, 6) is 1.59. The van der Waals surface area contributed by atoms with Crippen LogP contribution in [0.5, 0.6) is 11.5 Å². The second kappa shape index (κ2) is 3.92. The van der Waals surface area contributed by atoms with Gasteiger partial charge in [-0.25, -0.2) is 4.98 Å². The van der Waals surface area contributed by atoms with Gasteiger partial charge in [0, 0.05) is 12.6 Å². The van der Waals surface area contributed by atoms with Crippen LogP contribution in [-0.2, 0) is 0 Å². The second-order valence-electron chi connectivity index (χ2n) is 3.75. The van der Waals surface area contributed by atoms with Crippen LogP contribution in [-0.4, -0.2) is 18.8 Å². The first kappa shape index (κ1) is 10.4. The molecule has 0 radical (unpaired) electrons. The fourth-order valence-corrected chi connectivity index (χ4v) is 2.70. The lowest BCUT2D eigenvalue weighted by molar-refractivity contribution is 0.174. The first-order chi connectivity index (χ1) is 8.28. The smallest absolute Gasteiger partial charge is 0.231 e. The molecule has 0 bridgehead atoms. The first-order valence-corrected chi connectivity index (χ1v) is 6.15. The predicted octanol–water partition coefficient (Wildman–Crippen LogP) is 2.89. The molecule has 1 aromatic heterocycles. The molecule has 2 aromatic rings. The number of aryl methyl sites for hydroxylation is 1. The van der Waals surface area contributed by atoms with E-state index in [0.717, 1.165) is 32.8 Å². The van der Waals surface area contributed by atoms with Gasteiger partial charge in [-0.15, -0.1) is 0 Å². The van der Waals surface area contributed by atoms with Gasteiger partial charge in [0.15, 0.2) is 11.5 Å². The molecule has 0 unspecified atom stereocenters. The van der Waals surface area contributed by atoms with E-state index in [-0.39, 0.29) is 0 Å². The molecule has 1 aliphatic heterocycles. The average Bonchev–Trinajstić information content (AvgIpc) is 2.93. The molecule has 0 fully saturated rings. The maximum atomic E-state index is 5.36. The van der Waals surface area contributed by atoms with Crippen molar-refractivity contribution in [1.29, 1.82) is 0 Å². The molecular weight excluding hydrogens is 236 g/mol. The third kappa shape index (κ3) is 1.72. The molecule has 0 saturated heterocycles. The highest BCUT2D eigenvalue weighted by atomic mass is 32.1. The van der Waals surface area contributed by atoms with Crippen molar-refractivity contribution >= 4 is 16.3 Å². The van der Waals surface area contributed by atoms with Gasteiger partial charge in [0.1, 0.15) is 10.0 Å². The molecule has 1 aromatic carbocycles. The van der Waals surface area contributed by atoms with Crippen LogP contribution in [0.3, 0.4) is 0 Å². The topological polar surface area (TPSA) is 43.4 Å². The molecule has 2 heterocycles. The number of rotatable bonds is 2. The van der Waals surface area contributed by atoms with Gasteiger partial charge in [0.05, 0.1) is 5.69 Å². The number of nitrogens with one attached hydrogen (secondary N) is 1. The number of hydrogen-bond acceptors (Lipinski definition) is 5. The zero-order valence-corrected chi connectivity index (χ0v) is 10.4. The van der Waals surface area contributed by atoms with Crippen molar-refractivity contribution in [3.63, 3.8) is 0 Å². The van der Waals surface area contributed by atoms with Crippen LogP contribution < -0.4 is 14.8 Å². The molecule has 4 nitrogen and oxygen atoms in total. The van der Waals surface area contributed by atoms with E-state index in [1.165, 1.54) is 0 Å². The van der Waals surface area contributed by atoms with Crippen LogP contribution >= 0.6 is 11.3 Å². The third-order valence-electron chi connectivity index (χ3n) is 2.64. The Morgan fingerprint density at radius 3 is 2.88 bits per heavy atom. The van der Waals surface area contributed by atoms with Gasteiger partial charge in [-0.2, -0.15) is 0 Å². The number of ether oxygens (including phenoxy) is 2. The Balaban J connectivity index is 2.03.